The second kappa shape index (κ2) is 7.97. The highest BCUT2D eigenvalue weighted by Crippen LogP contribution is 2.17. The monoisotopic (exact) mass is 393 g/mol. The van der Waals surface area contributed by atoms with E-state index in [1.807, 2.05) is 44.8 Å². The van der Waals surface area contributed by atoms with Gasteiger partial charge in [0, 0.05) is 18.8 Å². The molecule has 1 N–H and O–H groups in total. The molecule has 0 saturated carbocycles. The summed E-state index contributed by atoms with van der Waals surface area (Å²) in [4.78, 5) is 12.1. The molecule has 1 aromatic rings. The second-order valence-electron chi connectivity index (χ2n) is 5.38. The van der Waals surface area contributed by atoms with Gasteiger partial charge in [-0.1, -0.05) is 0 Å². The maximum Gasteiger partial charge on any atom is 0.326 e. The summed E-state index contributed by atoms with van der Waals surface area (Å²) in [6.07, 6.45) is 5.42. The highest BCUT2D eigenvalue weighted by molar-refractivity contribution is 14.1. The van der Waals surface area contributed by atoms with Gasteiger partial charge in [0.15, 0.2) is 0 Å². The van der Waals surface area contributed by atoms with Gasteiger partial charge in [-0.3, -0.25) is 14.8 Å². The van der Waals surface area contributed by atoms with Gasteiger partial charge in [0.25, 0.3) is 0 Å². The van der Waals surface area contributed by atoms with Crippen LogP contribution in [0.15, 0.2) is 12.4 Å². The molecule has 1 aromatic heterocycles. The van der Waals surface area contributed by atoms with Gasteiger partial charge >= 0.3 is 5.97 Å². The standard InChI is InChI=1S/C14H24IN3O2/c1-5-20-13(19)14(4,17-11(2)3)7-6-8-18-10-12(15)9-16-18/h9-11,17H,5-8H2,1-4H3. The summed E-state index contributed by atoms with van der Waals surface area (Å²) in [5.74, 6) is -0.177. The summed E-state index contributed by atoms with van der Waals surface area (Å²) >= 11 is 2.24. The first-order valence-corrected chi connectivity index (χ1v) is 8.08. The highest BCUT2D eigenvalue weighted by atomic mass is 127. The van der Waals surface area contributed by atoms with E-state index in [2.05, 4.69) is 33.0 Å². The molecule has 1 heterocycles. The zero-order valence-corrected chi connectivity index (χ0v) is 14.8. The van der Waals surface area contributed by atoms with Gasteiger partial charge < -0.3 is 4.74 Å². The predicted octanol–water partition coefficient (Wildman–Crippen LogP) is 2.59. The lowest BCUT2D eigenvalue weighted by molar-refractivity contribution is -0.151. The van der Waals surface area contributed by atoms with Crippen molar-refractivity contribution in [2.24, 2.45) is 0 Å². The third-order valence-corrected chi connectivity index (χ3v) is 3.56. The number of aromatic nitrogens is 2. The van der Waals surface area contributed by atoms with Crippen molar-refractivity contribution in [3.05, 3.63) is 16.0 Å². The largest absolute Gasteiger partial charge is 0.465 e. The molecule has 5 nitrogen and oxygen atoms in total. The molecule has 0 spiro atoms. The molecule has 0 aliphatic heterocycles. The summed E-state index contributed by atoms with van der Waals surface area (Å²) in [6.45, 7) is 9.03. The normalized spacial score (nSPS) is 14.3. The summed E-state index contributed by atoms with van der Waals surface area (Å²) in [5.41, 5.74) is -0.634. The SMILES string of the molecule is CCOC(=O)C(C)(CCCn1cc(I)cn1)NC(C)C. The van der Waals surface area contributed by atoms with Crippen LogP contribution in [-0.2, 0) is 16.1 Å². The molecule has 0 radical (unpaired) electrons. The Morgan fingerprint density at radius 3 is 2.80 bits per heavy atom. The van der Waals surface area contributed by atoms with Crippen molar-refractivity contribution >= 4 is 28.6 Å². The van der Waals surface area contributed by atoms with Gasteiger partial charge in [0.2, 0.25) is 0 Å². The van der Waals surface area contributed by atoms with E-state index >= 15 is 0 Å². The number of ether oxygens (including phenoxy) is 1. The quantitative estimate of drug-likeness (QED) is 0.545. The molecule has 0 bridgehead atoms. The summed E-state index contributed by atoms with van der Waals surface area (Å²) in [7, 11) is 0. The maximum atomic E-state index is 12.1. The first-order chi connectivity index (χ1) is 9.37. The average molecular weight is 393 g/mol. The lowest BCUT2D eigenvalue weighted by atomic mass is 9.94. The van der Waals surface area contributed by atoms with Crippen LogP contribution < -0.4 is 5.32 Å². The third-order valence-electron chi connectivity index (χ3n) is 3.00. The van der Waals surface area contributed by atoms with Crippen molar-refractivity contribution in [3.8, 4) is 0 Å². The van der Waals surface area contributed by atoms with Crippen molar-refractivity contribution in [1.29, 1.82) is 0 Å². The lowest BCUT2D eigenvalue weighted by Gasteiger charge is -2.30. The molecule has 0 aromatic carbocycles. The summed E-state index contributed by atoms with van der Waals surface area (Å²) < 4.78 is 8.22. The molecule has 114 valence electrons. The molecule has 0 aliphatic rings. The van der Waals surface area contributed by atoms with E-state index in [0.717, 1.165) is 23.0 Å². The summed E-state index contributed by atoms with van der Waals surface area (Å²) in [5, 5.41) is 7.58. The van der Waals surface area contributed by atoms with Gasteiger partial charge in [0.05, 0.1) is 16.4 Å². The highest BCUT2D eigenvalue weighted by Gasteiger charge is 2.34. The zero-order valence-electron chi connectivity index (χ0n) is 12.6. The number of carbonyl (C=O) groups is 1. The average Bonchev–Trinajstić information content (AvgIpc) is 2.74. The third kappa shape index (κ3) is 5.40. The minimum atomic E-state index is -0.634. The molecule has 1 atom stereocenters. The van der Waals surface area contributed by atoms with E-state index in [4.69, 9.17) is 4.74 Å². The van der Waals surface area contributed by atoms with Crippen LogP contribution in [0.3, 0.4) is 0 Å². The number of carbonyl (C=O) groups excluding carboxylic acids is 1. The molecule has 0 saturated heterocycles. The Hall–Kier alpha value is -0.630. The Morgan fingerprint density at radius 1 is 1.60 bits per heavy atom. The Morgan fingerprint density at radius 2 is 2.30 bits per heavy atom. The van der Waals surface area contributed by atoms with E-state index in [1.54, 1.807) is 0 Å². The molecule has 0 fully saturated rings. The van der Waals surface area contributed by atoms with Crippen LogP contribution in [0.5, 0.6) is 0 Å². The minimum absolute atomic E-state index is 0.177. The zero-order chi connectivity index (χ0) is 15.2. The van der Waals surface area contributed by atoms with Crippen molar-refractivity contribution in [2.45, 2.75) is 58.7 Å². The number of nitrogens with zero attached hydrogens (tertiary/aromatic N) is 2. The Bertz CT molecular complexity index is 434. The Labute approximate surface area is 134 Å². The first-order valence-electron chi connectivity index (χ1n) is 7.00. The molecular weight excluding hydrogens is 369 g/mol. The molecule has 0 aliphatic carbocycles. The van der Waals surface area contributed by atoms with Crippen molar-refractivity contribution < 1.29 is 9.53 Å². The van der Waals surface area contributed by atoms with Crippen LogP contribution >= 0.6 is 22.6 Å². The number of esters is 1. The smallest absolute Gasteiger partial charge is 0.326 e. The summed E-state index contributed by atoms with van der Waals surface area (Å²) in [6, 6.07) is 0.232. The fraction of sp³-hybridized carbons (Fsp3) is 0.714. The fourth-order valence-electron chi connectivity index (χ4n) is 2.22. The first kappa shape index (κ1) is 17.4. The lowest BCUT2D eigenvalue weighted by Crippen LogP contribution is -2.53. The van der Waals surface area contributed by atoms with Crippen LogP contribution in [-0.4, -0.2) is 33.9 Å². The number of hydrogen-bond acceptors (Lipinski definition) is 4. The predicted molar refractivity (Wildman–Crippen MR) is 87.5 cm³/mol. The molecule has 1 unspecified atom stereocenters. The Balaban J connectivity index is 2.57. The van der Waals surface area contributed by atoms with Crippen molar-refractivity contribution in [3.63, 3.8) is 0 Å². The van der Waals surface area contributed by atoms with Crippen LogP contribution in [0.25, 0.3) is 0 Å². The van der Waals surface area contributed by atoms with Gasteiger partial charge in [-0.25, -0.2) is 0 Å². The molecule has 0 amide bonds. The van der Waals surface area contributed by atoms with Crippen LogP contribution in [0.2, 0.25) is 0 Å². The van der Waals surface area contributed by atoms with Gasteiger partial charge in [-0.2, -0.15) is 5.10 Å². The van der Waals surface area contributed by atoms with E-state index in [9.17, 15) is 4.79 Å². The fourth-order valence-corrected chi connectivity index (χ4v) is 2.66. The van der Waals surface area contributed by atoms with Crippen molar-refractivity contribution in [2.75, 3.05) is 6.61 Å². The van der Waals surface area contributed by atoms with Crippen LogP contribution in [0.1, 0.15) is 40.5 Å². The number of hydrogen-bond donors (Lipinski definition) is 1. The Kier molecular flexibility index (Phi) is 6.94. The number of rotatable bonds is 8. The number of nitrogens with one attached hydrogen (secondary N) is 1. The van der Waals surface area contributed by atoms with Gasteiger partial charge in [-0.05, 0) is 63.1 Å². The van der Waals surface area contributed by atoms with E-state index in [1.165, 1.54) is 0 Å². The van der Waals surface area contributed by atoms with E-state index < -0.39 is 5.54 Å². The molecule has 1 rings (SSSR count). The molecular formula is C14H24IN3O2. The number of halogens is 1. The van der Waals surface area contributed by atoms with Gasteiger partial charge in [0.1, 0.15) is 5.54 Å². The topological polar surface area (TPSA) is 56.2 Å². The second-order valence-corrected chi connectivity index (χ2v) is 6.62. The van der Waals surface area contributed by atoms with Gasteiger partial charge in [-0.15, -0.1) is 0 Å². The van der Waals surface area contributed by atoms with E-state index in [0.29, 0.717) is 6.61 Å². The molecule has 6 heteroatoms. The van der Waals surface area contributed by atoms with Crippen LogP contribution in [0, 0.1) is 3.57 Å². The van der Waals surface area contributed by atoms with Crippen LogP contribution in [0.4, 0.5) is 0 Å². The van der Waals surface area contributed by atoms with Crippen molar-refractivity contribution in [1.82, 2.24) is 15.1 Å². The minimum Gasteiger partial charge on any atom is -0.465 e. The number of aryl methyl sites for hydroxylation is 1. The van der Waals surface area contributed by atoms with E-state index in [-0.39, 0.29) is 12.0 Å². The maximum absolute atomic E-state index is 12.1. The molecule has 20 heavy (non-hydrogen) atoms.